The summed E-state index contributed by atoms with van der Waals surface area (Å²) in [5.74, 6) is -0.365. The van der Waals surface area contributed by atoms with Crippen LogP contribution in [0, 0.1) is 27.7 Å². The molecule has 0 radical (unpaired) electrons. The summed E-state index contributed by atoms with van der Waals surface area (Å²) in [6.07, 6.45) is 3.21. The molecule has 0 aliphatic rings. The number of rotatable bonds is 6. The number of nitrogens with one attached hydrogen (secondary N) is 1. The van der Waals surface area contributed by atoms with Crippen molar-refractivity contribution in [1.82, 2.24) is 19.1 Å². The third-order valence-electron chi connectivity index (χ3n) is 6.09. The summed E-state index contributed by atoms with van der Waals surface area (Å²) in [5, 5.41) is 7.41. The number of aryl methyl sites for hydroxylation is 2. The quantitative estimate of drug-likeness (QED) is 0.441. The predicted octanol–water partition coefficient (Wildman–Crippen LogP) is 4.31. The van der Waals surface area contributed by atoms with Gasteiger partial charge < -0.3 is 5.32 Å². The van der Waals surface area contributed by atoms with Gasteiger partial charge in [0.15, 0.2) is 0 Å². The molecule has 2 aromatic carbocycles. The van der Waals surface area contributed by atoms with Crippen LogP contribution in [0.25, 0.3) is 11.8 Å². The van der Waals surface area contributed by atoms with Gasteiger partial charge in [0, 0.05) is 24.4 Å². The van der Waals surface area contributed by atoms with Gasteiger partial charge in [-0.25, -0.2) is 4.68 Å². The van der Waals surface area contributed by atoms with E-state index in [0.717, 1.165) is 22.6 Å². The number of amides is 1. The van der Waals surface area contributed by atoms with Gasteiger partial charge in [-0.2, -0.15) is 5.10 Å². The smallest absolute Gasteiger partial charge is 0.295 e. The molecular weight excluding hydrogens is 426 g/mol. The molecule has 4 rings (SSSR count). The van der Waals surface area contributed by atoms with E-state index in [1.54, 1.807) is 17.8 Å². The van der Waals surface area contributed by atoms with Crippen molar-refractivity contribution in [2.45, 2.75) is 34.2 Å². The summed E-state index contributed by atoms with van der Waals surface area (Å²) in [6, 6.07) is 17.7. The molecule has 34 heavy (non-hydrogen) atoms. The molecule has 0 saturated heterocycles. The minimum absolute atomic E-state index is 0.268. The summed E-state index contributed by atoms with van der Waals surface area (Å²) in [7, 11) is 1.80. The molecule has 7 heteroatoms. The Labute approximate surface area is 198 Å². The molecule has 0 unspecified atom stereocenters. The number of carbonyl (C=O) groups excluding carboxylic acids is 1. The van der Waals surface area contributed by atoms with Gasteiger partial charge >= 0.3 is 0 Å². The highest BCUT2D eigenvalue weighted by Gasteiger charge is 2.17. The maximum Gasteiger partial charge on any atom is 0.295 e. The lowest BCUT2D eigenvalue weighted by molar-refractivity contribution is -0.111. The van der Waals surface area contributed by atoms with Crippen molar-refractivity contribution in [3.63, 3.8) is 0 Å². The van der Waals surface area contributed by atoms with E-state index in [1.807, 2.05) is 55.8 Å². The molecule has 0 saturated carbocycles. The molecule has 2 heterocycles. The largest absolute Gasteiger partial charge is 0.316 e. The van der Waals surface area contributed by atoms with Crippen LogP contribution in [0.4, 0.5) is 5.69 Å². The van der Waals surface area contributed by atoms with E-state index in [9.17, 15) is 9.59 Å². The van der Waals surface area contributed by atoms with E-state index >= 15 is 0 Å². The zero-order valence-electron chi connectivity index (χ0n) is 20.2. The van der Waals surface area contributed by atoms with Gasteiger partial charge in [-0.05, 0) is 51.5 Å². The first-order valence-electron chi connectivity index (χ1n) is 11.2. The Kier molecular flexibility index (Phi) is 6.36. The normalized spacial score (nSPS) is 11.3. The Morgan fingerprint density at radius 1 is 0.971 bits per heavy atom. The number of hydrogen-bond acceptors (Lipinski definition) is 3. The van der Waals surface area contributed by atoms with E-state index in [-0.39, 0.29) is 17.2 Å². The van der Waals surface area contributed by atoms with Gasteiger partial charge in [-0.15, -0.1) is 0 Å². The highest BCUT2D eigenvalue weighted by molar-refractivity contribution is 6.02. The number of carbonyl (C=O) groups is 1. The molecule has 0 bridgehead atoms. The molecule has 2 aromatic heterocycles. The number of anilines is 1. The van der Waals surface area contributed by atoms with E-state index in [4.69, 9.17) is 0 Å². The summed E-state index contributed by atoms with van der Waals surface area (Å²) in [5.41, 5.74) is 6.51. The van der Waals surface area contributed by atoms with Gasteiger partial charge in [-0.3, -0.25) is 19.0 Å². The lowest BCUT2D eigenvalue weighted by Gasteiger charge is -2.07. The van der Waals surface area contributed by atoms with Gasteiger partial charge in [0.1, 0.15) is 5.69 Å². The van der Waals surface area contributed by atoms with Crippen molar-refractivity contribution < 1.29 is 4.79 Å². The first-order valence-corrected chi connectivity index (χ1v) is 11.2. The lowest BCUT2D eigenvalue weighted by atomic mass is 10.1. The van der Waals surface area contributed by atoms with Crippen LogP contribution in [0.5, 0.6) is 0 Å². The Bertz CT molecular complexity index is 1420. The van der Waals surface area contributed by atoms with Crippen LogP contribution in [0.1, 0.15) is 33.8 Å². The number of nitrogens with zero attached hydrogens (tertiary/aromatic N) is 4. The van der Waals surface area contributed by atoms with Crippen molar-refractivity contribution >= 4 is 17.7 Å². The van der Waals surface area contributed by atoms with Crippen LogP contribution in [0.3, 0.4) is 0 Å². The fourth-order valence-electron chi connectivity index (χ4n) is 4.01. The molecule has 7 nitrogen and oxygen atoms in total. The molecule has 1 N–H and O–H groups in total. The van der Waals surface area contributed by atoms with Crippen molar-refractivity contribution in [1.29, 1.82) is 0 Å². The van der Waals surface area contributed by atoms with Crippen molar-refractivity contribution in [2.75, 3.05) is 5.32 Å². The summed E-state index contributed by atoms with van der Waals surface area (Å²) >= 11 is 0. The molecule has 1 amide bonds. The van der Waals surface area contributed by atoms with Crippen LogP contribution in [0.2, 0.25) is 0 Å². The maximum atomic E-state index is 13.0. The topological polar surface area (TPSA) is 73.8 Å². The zero-order chi connectivity index (χ0) is 24.4. The standard InChI is InChI=1S/C27H29N5O2/c1-18-11-13-22(14-12-18)17-31-20(3)24(19(2)29-31)15-16-25(33)28-26-21(4)30(5)32(27(26)34)23-9-7-6-8-10-23/h6-16H,17H2,1-5H3,(H,28,33)/b16-15+. The van der Waals surface area contributed by atoms with Crippen LogP contribution in [-0.2, 0) is 18.4 Å². The molecule has 0 atom stereocenters. The van der Waals surface area contributed by atoms with Crippen molar-refractivity contribution in [3.05, 3.63) is 105 Å². The second kappa shape index (κ2) is 9.39. The zero-order valence-corrected chi connectivity index (χ0v) is 20.2. The first kappa shape index (κ1) is 23.0. The van der Waals surface area contributed by atoms with Gasteiger partial charge in [0.25, 0.3) is 5.56 Å². The van der Waals surface area contributed by atoms with E-state index < -0.39 is 0 Å². The Hall–Kier alpha value is -4.13. The molecule has 174 valence electrons. The molecule has 0 spiro atoms. The number of aromatic nitrogens is 4. The van der Waals surface area contributed by atoms with Gasteiger partial charge in [-0.1, -0.05) is 48.0 Å². The third-order valence-corrected chi connectivity index (χ3v) is 6.09. The van der Waals surface area contributed by atoms with Crippen LogP contribution >= 0.6 is 0 Å². The van der Waals surface area contributed by atoms with Crippen LogP contribution < -0.4 is 10.9 Å². The summed E-state index contributed by atoms with van der Waals surface area (Å²) in [6.45, 7) is 8.45. The molecule has 0 aliphatic heterocycles. The fourth-order valence-corrected chi connectivity index (χ4v) is 4.01. The predicted molar refractivity (Wildman–Crippen MR) is 135 cm³/mol. The van der Waals surface area contributed by atoms with Crippen LogP contribution in [0.15, 0.2) is 65.5 Å². The lowest BCUT2D eigenvalue weighted by Crippen LogP contribution is -2.22. The van der Waals surface area contributed by atoms with E-state index in [2.05, 4.69) is 41.6 Å². The Balaban J connectivity index is 1.54. The van der Waals surface area contributed by atoms with Crippen LogP contribution in [-0.4, -0.2) is 25.1 Å². The molecule has 0 aliphatic carbocycles. The van der Waals surface area contributed by atoms with E-state index in [0.29, 0.717) is 12.2 Å². The van der Waals surface area contributed by atoms with Gasteiger partial charge in [0.05, 0.1) is 23.6 Å². The molecule has 4 aromatic rings. The minimum Gasteiger partial charge on any atom is -0.316 e. The Morgan fingerprint density at radius 3 is 2.32 bits per heavy atom. The maximum absolute atomic E-state index is 13.0. The summed E-state index contributed by atoms with van der Waals surface area (Å²) in [4.78, 5) is 25.7. The second-order valence-electron chi connectivity index (χ2n) is 8.49. The monoisotopic (exact) mass is 455 g/mol. The fraction of sp³-hybridized carbons (Fsp3) is 0.222. The van der Waals surface area contributed by atoms with Crippen molar-refractivity contribution in [3.8, 4) is 5.69 Å². The highest BCUT2D eigenvalue weighted by Crippen LogP contribution is 2.18. The second-order valence-corrected chi connectivity index (χ2v) is 8.49. The molecular formula is C27H29N5O2. The highest BCUT2D eigenvalue weighted by atomic mass is 16.2. The average Bonchev–Trinajstić information content (AvgIpc) is 3.20. The summed E-state index contributed by atoms with van der Waals surface area (Å²) < 4.78 is 5.22. The van der Waals surface area contributed by atoms with Crippen molar-refractivity contribution in [2.24, 2.45) is 7.05 Å². The minimum atomic E-state index is -0.365. The first-order chi connectivity index (χ1) is 16.3. The number of para-hydroxylation sites is 1. The number of hydrogen-bond donors (Lipinski definition) is 1. The number of benzene rings is 2. The average molecular weight is 456 g/mol. The van der Waals surface area contributed by atoms with Gasteiger partial charge in [0.2, 0.25) is 5.91 Å². The van der Waals surface area contributed by atoms with E-state index in [1.165, 1.54) is 21.9 Å². The third kappa shape index (κ3) is 4.50. The molecule has 0 fully saturated rings. The SMILES string of the molecule is Cc1ccc(Cn2nc(C)c(/C=C/C(=O)Nc3c(C)n(C)n(-c4ccccc4)c3=O)c2C)cc1. The Morgan fingerprint density at radius 2 is 1.65 bits per heavy atom.